The molecule has 0 aliphatic carbocycles. The summed E-state index contributed by atoms with van der Waals surface area (Å²) in [4.78, 5) is 9.24. The van der Waals surface area contributed by atoms with Crippen LogP contribution in [0.3, 0.4) is 0 Å². The van der Waals surface area contributed by atoms with Crippen LogP contribution < -0.4 is 0 Å². The predicted molar refractivity (Wildman–Crippen MR) is 24.2 cm³/mol. The highest BCUT2D eigenvalue weighted by Crippen LogP contribution is 2.28. The van der Waals surface area contributed by atoms with Gasteiger partial charge in [-0.2, -0.15) is 39.5 Å². The first-order valence-electron chi connectivity index (χ1n) is 2.49. The van der Waals surface area contributed by atoms with Crippen molar-refractivity contribution in [2.24, 2.45) is 0 Å². The van der Waals surface area contributed by atoms with Gasteiger partial charge in [0.15, 0.2) is 0 Å². The van der Waals surface area contributed by atoms with Crippen molar-refractivity contribution in [3.63, 3.8) is 0 Å². The molecule has 0 saturated carbocycles. The molecule has 0 aromatic heterocycles. The zero-order valence-corrected chi connectivity index (χ0v) is 5.89. The summed E-state index contributed by atoms with van der Waals surface area (Å²) in [6, 6.07) is 0. The second kappa shape index (κ2) is 5.05. The minimum Gasteiger partial charge on any atom is -0.279 e. The fourth-order valence-corrected chi connectivity index (χ4v) is 0.161. The Hall–Kier alpha value is -0.960. The van der Waals surface area contributed by atoms with Gasteiger partial charge in [0.05, 0.1) is 0 Å². The molecule has 0 heterocycles. The third-order valence-corrected chi connectivity index (χ3v) is 0.515. The Morgan fingerprint density at radius 2 is 0.929 bits per heavy atom. The number of Topliss-reactive ketones (excluding diaryl/α,β-unsaturated/α-hetero) is 1. The summed E-state index contributed by atoms with van der Waals surface area (Å²) in [5.74, 6) is -3.68. The lowest BCUT2D eigenvalue weighted by Gasteiger charge is -2.06. The Bertz CT molecular complexity index is 157. The molecule has 86 valence electrons. The van der Waals surface area contributed by atoms with Crippen LogP contribution in [0.5, 0.6) is 0 Å². The minimum atomic E-state index is -5.82. The molecule has 0 unspecified atom stereocenters. The molecule has 0 N–H and O–H groups in total. The van der Waals surface area contributed by atoms with Crippen molar-refractivity contribution in [2.45, 2.75) is 19.0 Å². The van der Waals surface area contributed by atoms with Gasteiger partial charge in [-0.05, 0) is 0 Å². The third kappa shape index (κ3) is 9.13. The molecule has 14 heavy (non-hydrogen) atoms. The molecule has 0 atom stereocenters. The maximum Gasteiger partial charge on any atom is 0.459 e. The summed E-state index contributed by atoms with van der Waals surface area (Å²) in [5, 5.41) is 0. The van der Waals surface area contributed by atoms with Crippen LogP contribution in [0.2, 0.25) is 0 Å². The molecule has 0 fully saturated rings. The van der Waals surface area contributed by atoms with E-state index in [1.807, 2.05) is 0 Å². The van der Waals surface area contributed by atoms with Crippen LogP contribution in [0.1, 0.15) is 0 Å². The van der Waals surface area contributed by atoms with Gasteiger partial charge in [0.2, 0.25) is 0 Å². The van der Waals surface area contributed by atoms with Crippen LogP contribution in [0.15, 0.2) is 0 Å². The molecule has 0 aliphatic heterocycles. The summed E-state index contributed by atoms with van der Waals surface area (Å²) < 4.78 is 94.3. The average molecular weight is 236 g/mol. The smallest absolute Gasteiger partial charge is 0.279 e. The average Bonchev–Trinajstić information content (AvgIpc) is 1.80. The van der Waals surface area contributed by atoms with Crippen molar-refractivity contribution in [2.75, 3.05) is 0 Å². The van der Waals surface area contributed by atoms with Gasteiger partial charge in [-0.1, -0.05) is 0 Å². The fraction of sp³-hybridized carbons (Fsp3) is 0.750. The number of carbonyl (C=O) groups is 1. The molecular weight excluding hydrogens is 235 g/mol. The van der Waals surface area contributed by atoms with Crippen molar-refractivity contribution in [3.05, 3.63) is 0 Å². The lowest BCUT2D eigenvalue weighted by atomic mass is 10.4. The summed E-state index contributed by atoms with van der Waals surface area (Å²) in [5.41, 5.74) is 0. The van der Waals surface area contributed by atoms with E-state index in [0.29, 0.717) is 0 Å². The van der Waals surface area contributed by atoms with Crippen molar-refractivity contribution < 1.29 is 44.3 Å². The lowest BCUT2D eigenvalue weighted by Crippen LogP contribution is -2.36. The maximum absolute atomic E-state index is 10.9. The first-order chi connectivity index (χ1) is 5.89. The topological polar surface area (TPSA) is 17.1 Å². The summed E-state index contributed by atoms with van der Waals surface area (Å²) >= 11 is 0. The van der Waals surface area contributed by atoms with E-state index >= 15 is 0 Å². The van der Waals surface area contributed by atoms with Gasteiger partial charge in [-0.15, -0.1) is 0 Å². The van der Waals surface area contributed by atoms with Gasteiger partial charge in [-0.3, -0.25) is 4.79 Å². The SMILES string of the molecule is FC(F)F.O=C(C(F)(F)F)C(F)(F)F. The molecule has 0 aromatic rings. The zero-order chi connectivity index (χ0) is 12.2. The molecule has 0 radical (unpaired) electrons. The molecule has 0 spiro atoms. The molecule has 0 aromatic carbocycles. The quantitative estimate of drug-likeness (QED) is 0.591. The molecule has 0 aliphatic rings. The van der Waals surface area contributed by atoms with E-state index in [2.05, 4.69) is 0 Å². The van der Waals surface area contributed by atoms with Crippen LogP contribution in [-0.4, -0.2) is 24.8 Å². The van der Waals surface area contributed by atoms with Crippen LogP contribution in [0.4, 0.5) is 39.5 Å². The first kappa shape index (κ1) is 15.5. The number of hydrogen-bond acceptors (Lipinski definition) is 1. The van der Waals surface area contributed by atoms with E-state index in [0.717, 1.165) is 0 Å². The van der Waals surface area contributed by atoms with E-state index in [-0.39, 0.29) is 0 Å². The minimum absolute atomic E-state index is 3.67. The van der Waals surface area contributed by atoms with Gasteiger partial charge in [-0.25, -0.2) is 0 Å². The number of alkyl halides is 9. The van der Waals surface area contributed by atoms with E-state index < -0.39 is 24.8 Å². The Balaban J connectivity index is 0. The number of carbonyl (C=O) groups excluding carboxylic acids is 1. The normalized spacial score (nSPS) is 12.1. The Labute approximate surface area is 70.5 Å². The predicted octanol–water partition coefficient (Wildman–Crippen LogP) is 2.86. The van der Waals surface area contributed by atoms with Crippen molar-refractivity contribution in [3.8, 4) is 0 Å². The van der Waals surface area contributed by atoms with E-state index in [1.165, 1.54) is 0 Å². The Kier molecular flexibility index (Phi) is 5.60. The number of rotatable bonds is 0. The highest BCUT2D eigenvalue weighted by Gasteiger charge is 2.55. The number of hydrogen-bond donors (Lipinski definition) is 0. The van der Waals surface area contributed by atoms with Crippen LogP contribution in [0, 0.1) is 0 Å². The monoisotopic (exact) mass is 236 g/mol. The number of halogens is 9. The fourth-order valence-electron chi connectivity index (χ4n) is 0.161. The Morgan fingerprint density at radius 3 is 0.929 bits per heavy atom. The molecule has 0 rings (SSSR count). The van der Waals surface area contributed by atoms with E-state index in [9.17, 15) is 44.3 Å². The largest absolute Gasteiger partial charge is 0.459 e. The molecule has 0 saturated heterocycles. The van der Waals surface area contributed by atoms with Crippen molar-refractivity contribution >= 4 is 5.78 Å². The molecule has 0 bridgehead atoms. The third-order valence-electron chi connectivity index (χ3n) is 0.515. The van der Waals surface area contributed by atoms with Gasteiger partial charge in [0.25, 0.3) is 0 Å². The van der Waals surface area contributed by atoms with Gasteiger partial charge in [0, 0.05) is 0 Å². The van der Waals surface area contributed by atoms with Crippen LogP contribution in [-0.2, 0) is 4.79 Å². The van der Waals surface area contributed by atoms with Crippen LogP contribution in [0.25, 0.3) is 0 Å². The highest BCUT2D eigenvalue weighted by molar-refractivity contribution is 5.89. The van der Waals surface area contributed by atoms with Crippen molar-refractivity contribution in [1.29, 1.82) is 0 Å². The lowest BCUT2D eigenvalue weighted by molar-refractivity contribution is -0.217. The second-order valence-corrected chi connectivity index (χ2v) is 1.57. The summed E-state index contributed by atoms with van der Waals surface area (Å²) in [7, 11) is 0. The zero-order valence-electron chi connectivity index (χ0n) is 5.89. The number of ketones is 1. The highest BCUT2D eigenvalue weighted by atomic mass is 19.4. The molecule has 10 heteroatoms. The maximum atomic E-state index is 10.9. The molecule has 0 amide bonds. The van der Waals surface area contributed by atoms with E-state index in [1.54, 1.807) is 0 Å². The van der Waals surface area contributed by atoms with Crippen molar-refractivity contribution in [1.82, 2.24) is 0 Å². The molecular formula is C4HF9O. The van der Waals surface area contributed by atoms with Gasteiger partial charge in [0.1, 0.15) is 0 Å². The van der Waals surface area contributed by atoms with Gasteiger partial charge < -0.3 is 0 Å². The van der Waals surface area contributed by atoms with Crippen LogP contribution >= 0.6 is 0 Å². The first-order valence-corrected chi connectivity index (χ1v) is 2.49. The van der Waals surface area contributed by atoms with E-state index in [4.69, 9.17) is 0 Å². The standard InChI is InChI=1S/C3F6O.CHF3/c4-2(5,6)1(10)3(7,8)9;2-1(3)4/h;1H. The Morgan fingerprint density at radius 1 is 0.786 bits per heavy atom. The summed E-state index contributed by atoms with van der Waals surface area (Å²) in [6.07, 6.45) is -11.6. The second-order valence-electron chi connectivity index (χ2n) is 1.57. The van der Waals surface area contributed by atoms with Gasteiger partial charge >= 0.3 is 24.8 Å². The summed E-state index contributed by atoms with van der Waals surface area (Å²) in [6.45, 7) is -3.67. The molecule has 1 nitrogen and oxygen atoms in total.